The van der Waals surface area contributed by atoms with Crippen molar-refractivity contribution in [3.05, 3.63) is 23.8 Å². The van der Waals surface area contributed by atoms with Crippen molar-refractivity contribution in [2.75, 3.05) is 6.61 Å². The van der Waals surface area contributed by atoms with Gasteiger partial charge in [0.05, 0.1) is 12.2 Å². The van der Waals surface area contributed by atoms with Crippen LogP contribution in [0.4, 0.5) is 4.79 Å². The van der Waals surface area contributed by atoms with Crippen LogP contribution in [-0.2, 0) is 4.74 Å². The summed E-state index contributed by atoms with van der Waals surface area (Å²) in [6, 6.07) is 3.53. The Kier molecular flexibility index (Phi) is 8.34. The number of ether oxygens (including phenoxy) is 1. The predicted molar refractivity (Wildman–Crippen MR) is 85.1 cm³/mol. The number of hydrazine groups is 1. The van der Waals surface area contributed by atoms with E-state index >= 15 is 0 Å². The average Bonchev–Trinajstić information content (AvgIpc) is 2.51. The van der Waals surface area contributed by atoms with Crippen LogP contribution >= 0.6 is 0 Å². The van der Waals surface area contributed by atoms with Crippen molar-refractivity contribution < 1.29 is 24.5 Å². The minimum Gasteiger partial charge on any atom is -0.508 e. The summed E-state index contributed by atoms with van der Waals surface area (Å²) < 4.78 is 4.92. The fraction of sp³-hybridized carbons (Fsp3) is 0.500. The number of benzene rings is 1. The third kappa shape index (κ3) is 7.39. The van der Waals surface area contributed by atoms with E-state index in [1.165, 1.54) is 31.4 Å². The molecule has 0 saturated heterocycles. The first kappa shape index (κ1) is 18.6. The summed E-state index contributed by atoms with van der Waals surface area (Å²) in [5.74, 6) is -1.26. The Labute approximate surface area is 135 Å². The van der Waals surface area contributed by atoms with Gasteiger partial charge in [0.2, 0.25) is 0 Å². The van der Waals surface area contributed by atoms with Crippen LogP contribution in [0, 0.1) is 0 Å². The maximum atomic E-state index is 11.7. The lowest BCUT2D eigenvalue weighted by atomic mass is 10.1. The molecule has 1 aromatic carbocycles. The standard InChI is InChI=1S/C16H24N2O5/c1-2-3-4-5-6-7-10-23-16(22)18-17-15(21)13-9-8-12(19)11-14(13)20/h8-9,11,19-20H,2-7,10H2,1H3,(H,17,21)(H,18,22). The number of carbonyl (C=O) groups excluding carboxylic acids is 2. The fourth-order valence-corrected chi connectivity index (χ4v) is 1.97. The van der Waals surface area contributed by atoms with Crippen molar-refractivity contribution in [3.8, 4) is 11.5 Å². The summed E-state index contributed by atoms with van der Waals surface area (Å²) in [4.78, 5) is 23.1. The topological polar surface area (TPSA) is 108 Å². The second-order valence-corrected chi connectivity index (χ2v) is 5.18. The summed E-state index contributed by atoms with van der Waals surface area (Å²) in [6.07, 6.45) is 5.74. The van der Waals surface area contributed by atoms with Gasteiger partial charge < -0.3 is 14.9 Å². The number of unbranched alkanes of at least 4 members (excludes halogenated alkanes) is 5. The molecule has 0 aliphatic heterocycles. The smallest absolute Gasteiger partial charge is 0.426 e. The number of phenols is 2. The van der Waals surface area contributed by atoms with Gasteiger partial charge in [0.1, 0.15) is 11.5 Å². The maximum absolute atomic E-state index is 11.7. The van der Waals surface area contributed by atoms with Crippen molar-refractivity contribution >= 4 is 12.0 Å². The highest BCUT2D eigenvalue weighted by molar-refractivity contribution is 5.97. The summed E-state index contributed by atoms with van der Waals surface area (Å²) in [5.41, 5.74) is 4.15. The lowest BCUT2D eigenvalue weighted by Crippen LogP contribution is -2.42. The highest BCUT2D eigenvalue weighted by Crippen LogP contribution is 2.22. The molecule has 128 valence electrons. The van der Waals surface area contributed by atoms with Crippen molar-refractivity contribution in [1.29, 1.82) is 0 Å². The molecule has 4 N–H and O–H groups in total. The molecule has 7 nitrogen and oxygen atoms in total. The fourth-order valence-electron chi connectivity index (χ4n) is 1.97. The van der Waals surface area contributed by atoms with Crippen LogP contribution in [0.2, 0.25) is 0 Å². The highest BCUT2D eigenvalue weighted by Gasteiger charge is 2.12. The van der Waals surface area contributed by atoms with Gasteiger partial charge in [-0.15, -0.1) is 0 Å². The lowest BCUT2D eigenvalue weighted by molar-refractivity contribution is 0.0905. The summed E-state index contributed by atoms with van der Waals surface area (Å²) in [7, 11) is 0. The first-order valence-corrected chi connectivity index (χ1v) is 7.79. The zero-order valence-electron chi connectivity index (χ0n) is 13.3. The molecule has 0 aliphatic carbocycles. The van der Waals surface area contributed by atoms with Gasteiger partial charge in [-0.05, 0) is 18.6 Å². The summed E-state index contributed by atoms with van der Waals surface area (Å²) >= 11 is 0. The van der Waals surface area contributed by atoms with Crippen LogP contribution in [0.25, 0.3) is 0 Å². The molecule has 0 atom stereocenters. The van der Waals surface area contributed by atoms with Gasteiger partial charge in [0, 0.05) is 6.07 Å². The Bertz CT molecular complexity index is 519. The first-order valence-electron chi connectivity index (χ1n) is 7.79. The number of rotatable bonds is 8. The van der Waals surface area contributed by atoms with Crippen molar-refractivity contribution in [3.63, 3.8) is 0 Å². The van der Waals surface area contributed by atoms with Crippen LogP contribution in [0.3, 0.4) is 0 Å². The molecule has 0 spiro atoms. The second kappa shape index (κ2) is 10.3. The van der Waals surface area contributed by atoms with Gasteiger partial charge in [-0.2, -0.15) is 0 Å². The van der Waals surface area contributed by atoms with Crippen LogP contribution in [-0.4, -0.2) is 28.8 Å². The molecule has 7 heteroatoms. The molecule has 0 heterocycles. The Hall–Kier alpha value is -2.44. The van der Waals surface area contributed by atoms with E-state index in [-0.39, 0.29) is 23.7 Å². The van der Waals surface area contributed by atoms with Crippen LogP contribution < -0.4 is 10.9 Å². The molecule has 23 heavy (non-hydrogen) atoms. The first-order chi connectivity index (χ1) is 11.0. The Balaban J connectivity index is 2.19. The normalized spacial score (nSPS) is 10.1. The summed E-state index contributed by atoms with van der Waals surface area (Å²) in [5, 5.41) is 18.7. The van der Waals surface area contributed by atoms with Gasteiger partial charge in [-0.3, -0.25) is 10.2 Å². The number of nitrogens with one attached hydrogen (secondary N) is 2. The number of aromatic hydroxyl groups is 2. The number of hydrogen-bond donors (Lipinski definition) is 4. The van der Waals surface area contributed by atoms with E-state index in [1.54, 1.807) is 0 Å². The zero-order valence-corrected chi connectivity index (χ0v) is 13.3. The number of phenolic OH excluding ortho intramolecular Hbond substituents is 2. The molecule has 0 radical (unpaired) electrons. The van der Waals surface area contributed by atoms with Crippen LogP contribution in [0.1, 0.15) is 55.8 Å². The minimum atomic E-state index is -0.759. The molecule has 0 bridgehead atoms. The zero-order chi connectivity index (χ0) is 17.1. The molecule has 1 rings (SSSR count). The summed E-state index contributed by atoms with van der Waals surface area (Å²) in [6.45, 7) is 2.44. The molecule has 0 unspecified atom stereocenters. The Morgan fingerprint density at radius 1 is 1.04 bits per heavy atom. The van der Waals surface area contributed by atoms with Crippen LogP contribution in [0.15, 0.2) is 18.2 Å². The number of carbonyl (C=O) groups is 2. The van der Waals surface area contributed by atoms with Gasteiger partial charge >= 0.3 is 6.09 Å². The monoisotopic (exact) mass is 324 g/mol. The molecular weight excluding hydrogens is 300 g/mol. The van der Waals surface area contributed by atoms with Crippen molar-refractivity contribution in [1.82, 2.24) is 10.9 Å². The predicted octanol–water partition coefficient (Wildman–Crippen LogP) is 2.83. The third-order valence-corrected chi connectivity index (χ3v) is 3.24. The molecule has 1 aromatic rings. The quantitative estimate of drug-likeness (QED) is 0.434. The van der Waals surface area contributed by atoms with E-state index in [4.69, 9.17) is 9.84 Å². The molecule has 0 aromatic heterocycles. The van der Waals surface area contributed by atoms with E-state index < -0.39 is 12.0 Å². The van der Waals surface area contributed by atoms with E-state index in [2.05, 4.69) is 17.8 Å². The van der Waals surface area contributed by atoms with E-state index in [1.807, 2.05) is 0 Å². The number of amides is 2. The van der Waals surface area contributed by atoms with Gasteiger partial charge in [-0.25, -0.2) is 10.2 Å². The van der Waals surface area contributed by atoms with Crippen molar-refractivity contribution in [2.45, 2.75) is 45.4 Å². The molecule has 0 fully saturated rings. The average molecular weight is 324 g/mol. The van der Waals surface area contributed by atoms with Crippen molar-refractivity contribution in [2.24, 2.45) is 0 Å². The SMILES string of the molecule is CCCCCCCCOC(=O)NNC(=O)c1ccc(O)cc1O. The molecule has 0 saturated carbocycles. The largest absolute Gasteiger partial charge is 0.508 e. The molecular formula is C16H24N2O5. The highest BCUT2D eigenvalue weighted by atomic mass is 16.6. The Morgan fingerprint density at radius 2 is 1.74 bits per heavy atom. The maximum Gasteiger partial charge on any atom is 0.426 e. The van der Waals surface area contributed by atoms with E-state index in [0.29, 0.717) is 0 Å². The number of hydrogen-bond acceptors (Lipinski definition) is 5. The van der Waals surface area contributed by atoms with E-state index in [9.17, 15) is 14.7 Å². The third-order valence-electron chi connectivity index (χ3n) is 3.24. The lowest BCUT2D eigenvalue weighted by Gasteiger charge is -2.09. The van der Waals surface area contributed by atoms with E-state index in [0.717, 1.165) is 25.3 Å². The van der Waals surface area contributed by atoms with Gasteiger partial charge in [0.25, 0.3) is 5.91 Å². The molecule has 2 amide bonds. The minimum absolute atomic E-state index is 0.0703. The van der Waals surface area contributed by atoms with Gasteiger partial charge in [0.15, 0.2) is 0 Å². The van der Waals surface area contributed by atoms with Crippen LogP contribution in [0.5, 0.6) is 11.5 Å². The second-order valence-electron chi connectivity index (χ2n) is 5.18. The molecule has 0 aliphatic rings. The Morgan fingerprint density at radius 3 is 2.43 bits per heavy atom. The van der Waals surface area contributed by atoms with Gasteiger partial charge in [-0.1, -0.05) is 39.0 Å².